The van der Waals surface area contributed by atoms with Gasteiger partial charge in [0.15, 0.2) is 0 Å². The van der Waals surface area contributed by atoms with Gasteiger partial charge in [0, 0.05) is 37.1 Å². The number of carbonyl (C=O) groups excluding carboxylic acids is 2. The molecular weight excluding hydrogens is 396 g/mol. The Kier molecular flexibility index (Phi) is 8.31. The van der Waals surface area contributed by atoms with Crippen LogP contribution in [0.25, 0.3) is 0 Å². The van der Waals surface area contributed by atoms with Crippen molar-refractivity contribution >= 4 is 11.8 Å². The standard InChI is InChI=1S/C21H23F2N3O4/c1-15(27)18(20(29)25-30)24-19(28)17-9-7-16(8-10-17)6-4-2-3-5-12-26-13-11-21(22,23)14-26/h7-10,15,18,27,30H,5,11-14H2,1H3,(H,24,28)(H,25,29)/t15-,18+/m1/s1. The van der Waals surface area contributed by atoms with E-state index in [4.69, 9.17) is 5.21 Å². The van der Waals surface area contributed by atoms with Crippen LogP contribution >= 0.6 is 0 Å². The lowest BCUT2D eigenvalue weighted by Gasteiger charge is -2.19. The number of carbonyl (C=O) groups is 2. The predicted molar refractivity (Wildman–Crippen MR) is 105 cm³/mol. The van der Waals surface area contributed by atoms with E-state index in [0.29, 0.717) is 25.1 Å². The van der Waals surface area contributed by atoms with Gasteiger partial charge in [0.25, 0.3) is 17.7 Å². The third-order valence-electron chi connectivity index (χ3n) is 4.47. The number of hydrogen-bond acceptors (Lipinski definition) is 5. The number of alkyl halides is 2. The quantitative estimate of drug-likeness (QED) is 0.310. The highest BCUT2D eigenvalue weighted by atomic mass is 19.3. The Bertz CT molecular complexity index is 879. The van der Waals surface area contributed by atoms with Gasteiger partial charge in [-0.1, -0.05) is 11.8 Å². The first-order valence-corrected chi connectivity index (χ1v) is 9.34. The molecule has 7 nitrogen and oxygen atoms in total. The van der Waals surface area contributed by atoms with Crippen LogP contribution in [0.2, 0.25) is 0 Å². The van der Waals surface area contributed by atoms with E-state index in [0.717, 1.165) is 0 Å². The molecule has 0 saturated carbocycles. The molecule has 0 spiro atoms. The van der Waals surface area contributed by atoms with Crippen molar-refractivity contribution in [3.63, 3.8) is 0 Å². The van der Waals surface area contributed by atoms with Gasteiger partial charge in [-0.2, -0.15) is 0 Å². The number of nitrogens with zero attached hydrogens (tertiary/aromatic N) is 1. The van der Waals surface area contributed by atoms with Crippen LogP contribution in [0, 0.1) is 23.7 Å². The zero-order valence-electron chi connectivity index (χ0n) is 16.4. The molecule has 1 fully saturated rings. The van der Waals surface area contributed by atoms with Crippen molar-refractivity contribution in [1.29, 1.82) is 0 Å². The molecule has 0 unspecified atom stereocenters. The molecule has 4 N–H and O–H groups in total. The highest BCUT2D eigenvalue weighted by Gasteiger charge is 2.37. The van der Waals surface area contributed by atoms with Crippen LogP contribution in [-0.4, -0.2) is 64.7 Å². The van der Waals surface area contributed by atoms with Crippen molar-refractivity contribution in [3.05, 3.63) is 35.4 Å². The van der Waals surface area contributed by atoms with E-state index in [9.17, 15) is 23.5 Å². The van der Waals surface area contributed by atoms with Crippen LogP contribution in [0.5, 0.6) is 0 Å². The van der Waals surface area contributed by atoms with Gasteiger partial charge in [0.2, 0.25) is 0 Å². The molecule has 2 atom stereocenters. The van der Waals surface area contributed by atoms with Gasteiger partial charge < -0.3 is 10.4 Å². The summed E-state index contributed by atoms with van der Waals surface area (Å²) in [6, 6.07) is 4.88. The second-order valence-corrected chi connectivity index (χ2v) is 6.93. The monoisotopic (exact) mass is 419 g/mol. The smallest absolute Gasteiger partial charge is 0.268 e. The number of nitrogens with one attached hydrogen (secondary N) is 2. The van der Waals surface area contributed by atoms with Gasteiger partial charge >= 0.3 is 0 Å². The Morgan fingerprint density at radius 3 is 2.53 bits per heavy atom. The molecule has 2 amide bonds. The molecule has 1 aliphatic heterocycles. The molecule has 1 aromatic carbocycles. The molecule has 30 heavy (non-hydrogen) atoms. The molecule has 1 aromatic rings. The number of likely N-dealkylation sites (tertiary alicyclic amines) is 1. The Balaban J connectivity index is 1.85. The molecule has 1 aliphatic rings. The Morgan fingerprint density at radius 1 is 1.27 bits per heavy atom. The van der Waals surface area contributed by atoms with Crippen LogP contribution in [0.3, 0.4) is 0 Å². The largest absolute Gasteiger partial charge is 0.391 e. The van der Waals surface area contributed by atoms with Crippen molar-refractivity contribution in [2.24, 2.45) is 0 Å². The fourth-order valence-corrected chi connectivity index (χ4v) is 2.83. The van der Waals surface area contributed by atoms with Crippen LogP contribution in [0.15, 0.2) is 24.3 Å². The van der Waals surface area contributed by atoms with Crippen LogP contribution in [0.4, 0.5) is 8.78 Å². The minimum Gasteiger partial charge on any atom is -0.391 e. The number of aliphatic hydroxyl groups excluding tert-OH is 1. The maximum atomic E-state index is 13.1. The van der Waals surface area contributed by atoms with E-state index in [-0.39, 0.29) is 18.5 Å². The minimum atomic E-state index is -2.60. The van der Waals surface area contributed by atoms with Gasteiger partial charge in [-0.05, 0) is 43.0 Å². The average molecular weight is 419 g/mol. The van der Waals surface area contributed by atoms with Gasteiger partial charge in [-0.15, -0.1) is 0 Å². The Morgan fingerprint density at radius 2 is 1.97 bits per heavy atom. The SMILES string of the molecule is C[C@@H](O)[C@H](NC(=O)c1ccc(C#CC#CCCN2CCC(F)(F)C2)cc1)C(=O)NO. The van der Waals surface area contributed by atoms with Crippen LogP contribution in [-0.2, 0) is 4.79 Å². The van der Waals surface area contributed by atoms with E-state index in [2.05, 4.69) is 29.0 Å². The first-order chi connectivity index (χ1) is 14.2. The molecule has 1 saturated heterocycles. The molecule has 160 valence electrons. The number of aliphatic hydroxyl groups is 1. The fraction of sp³-hybridized carbons (Fsp3) is 0.429. The lowest BCUT2D eigenvalue weighted by Crippen LogP contribution is -2.51. The normalized spacial score (nSPS) is 17.0. The maximum Gasteiger partial charge on any atom is 0.268 e. The number of hydrogen-bond donors (Lipinski definition) is 4. The van der Waals surface area contributed by atoms with Crippen molar-refractivity contribution < 1.29 is 28.7 Å². The zero-order chi connectivity index (χ0) is 22.1. The van der Waals surface area contributed by atoms with Crippen molar-refractivity contribution in [2.75, 3.05) is 19.6 Å². The van der Waals surface area contributed by atoms with Crippen LogP contribution < -0.4 is 10.8 Å². The second kappa shape index (κ2) is 10.7. The van der Waals surface area contributed by atoms with Crippen molar-refractivity contribution in [2.45, 2.75) is 37.8 Å². The number of rotatable bonds is 6. The van der Waals surface area contributed by atoms with E-state index in [1.165, 1.54) is 24.5 Å². The highest BCUT2D eigenvalue weighted by Crippen LogP contribution is 2.26. The first kappa shape index (κ1) is 23.3. The molecular formula is C21H23F2N3O4. The van der Waals surface area contributed by atoms with E-state index < -0.39 is 29.9 Å². The van der Waals surface area contributed by atoms with E-state index in [1.807, 2.05) is 0 Å². The molecule has 0 aromatic heterocycles. The summed E-state index contributed by atoms with van der Waals surface area (Å²) in [5.74, 6) is 6.86. The van der Waals surface area contributed by atoms with Crippen molar-refractivity contribution in [3.8, 4) is 23.7 Å². The summed E-state index contributed by atoms with van der Waals surface area (Å²) in [5.41, 5.74) is 2.24. The number of halogens is 2. The Hall–Kier alpha value is -2.98. The molecule has 2 rings (SSSR count). The fourth-order valence-electron chi connectivity index (χ4n) is 2.83. The zero-order valence-corrected chi connectivity index (χ0v) is 16.4. The third-order valence-corrected chi connectivity index (χ3v) is 4.47. The molecule has 1 heterocycles. The summed E-state index contributed by atoms with van der Waals surface area (Å²) >= 11 is 0. The summed E-state index contributed by atoms with van der Waals surface area (Å²) in [6.45, 7) is 1.95. The van der Waals surface area contributed by atoms with E-state index >= 15 is 0 Å². The van der Waals surface area contributed by atoms with Gasteiger partial charge in [0.05, 0.1) is 12.6 Å². The summed E-state index contributed by atoms with van der Waals surface area (Å²) in [7, 11) is 0. The van der Waals surface area contributed by atoms with Gasteiger partial charge in [0.1, 0.15) is 6.04 Å². The maximum absolute atomic E-state index is 13.1. The van der Waals surface area contributed by atoms with E-state index in [1.54, 1.807) is 17.0 Å². The molecule has 0 aliphatic carbocycles. The van der Waals surface area contributed by atoms with Crippen molar-refractivity contribution in [1.82, 2.24) is 15.7 Å². The lowest BCUT2D eigenvalue weighted by molar-refractivity contribution is -0.133. The topological polar surface area (TPSA) is 102 Å². The average Bonchev–Trinajstić information content (AvgIpc) is 3.06. The number of amides is 2. The summed E-state index contributed by atoms with van der Waals surface area (Å²) < 4.78 is 26.2. The summed E-state index contributed by atoms with van der Waals surface area (Å²) in [4.78, 5) is 25.3. The molecule has 0 radical (unpaired) electrons. The summed E-state index contributed by atoms with van der Waals surface area (Å²) in [5, 5.41) is 20.5. The molecule has 0 bridgehead atoms. The third kappa shape index (κ3) is 7.12. The molecule has 9 heteroatoms. The highest BCUT2D eigenvalue weighted by molar-refractivity contribution is 5.97. The van der Waals surface area contributed by atoms with Crippen LogP contribution in [0.1, 0.15) is 35.7 Å². The lowest BCUT2D eigenvalue weighted by atomic mass is 10.1. The minimum absolute atomic E-state index is 0.109. The van der Waals surface area contributed by atoms with Gasteiger partial charge in [-0.25, -0.2) is 14.3 Å². The predicted octanol–water partition coefficient (Wildman–Crippen LogP) is 0.757. The summed E-state index contributed by atoms with van der Waals surface area (Å²) in [6.07, 6.45) is -0.857. The van der Waals surface area contributed by atoms with Gasteiger partial charge in [-0.3, -0.25) is 19.7 Å². The number of hydroxylamine groups is 1. The Labute approximate surface area is 173 Å². The first-order valence-electron chi connectivity index (χ1n) is 9.34. The second-order valence-electron chi connectivity index (χ2n) is 6.93. The number of benzene rings is 1.